The molecule has 124 valence electrons. The zero-order valence-electron chi connectivity index (χ0n) is 12.7. The fourth-order valence-electron chi connectivity index (χ4n) is 1.94. The smallest absolute Gasteiger partial charge is 0.306 e. The van der Waals surface area contributed by atoms with Gasteiger partial charge in [0.25, 0.3) is 0 Å². The lowest BCUT2D eigenvalue weighted by atomic mass is 10.1. The van der Waals surface area contributed by atoms with E-state index in [-0.39, 0.29) is 12.7 Å². The van der Waals surface area contributed by atoms with Crippen molar-refractivity contribution in [3.05, 3.63) is 0 Å². The number of hydrogen-bond donors (Lipinski definition) is 3. The molecule has 3 N–H and O–H groups in total. The Labute approximate surface area is 126 Å². The van der Waals surface area contributed by atoms with Gasteiger partial charge in [-0.05, 0) is 6.42 Å². The minimum atomic E-state index is -1.61. The Morgan fingerprint density at radius 2 is 1.67 bits per heavy atom. The molecule has 0 aromatic heterocycles. The largest absolute Gasteiger partial charge is 0.452 e. The molecule has 0 unspecified atom stereocenters. The highest BCUT2D eigenvalue weighted by Crippen LogP contribution is 2.10. The van der Waals surface area contributed by atoms with Crippen LogP contribution in [0.25, 0.3) is 0 Å². The summed E-state index contributed by atoms with van der Waals surface area (Å²) in [5.41, 5.74) is 0. The molecule has 0 aromatic rings. The Kier molecular flexibility index (Phi) is 12.1. The zero-order chi connectivity index (χ0) is 16.1. The van der Waals surface area contributed by atoms with Crippen molar-refractivity contribution >= 4 is 12.3 Å². The van der Waals surface area contributed by atoms with E-state index >= 15 is 0 Å². The number of rotatable bonds is 13. The van der Waals surface area contributed by atoms with Gasteiger partial charge in [0, 0.05) is 6.42 Å². The van der Waals surface area contributed by atoms with Crippen LogP contribution in [0.1, 0.15) is 58.3 Å². The average Bonchev–Trinajstić information content (AvgIpc) is 2.50. The Morgan fingerprint density at radius 1 is 1.10 bits per heavy atom. The predicted octanol–water partition coefficient (Wildman–Crippen LogP) is 0.952. The Morgan fingerprint density at radius 3 is 2.19 bits per heavy atom. The van der Waals surface area contributed by atoms with Gasteiger partial charge >= 0.3 is 5.97 Å². The van der Waals surface area contributed by atoms with Crippen LogP contribution < -0.4 is 0 Å². The van der Waals surface area contributed by atoms with Crippen molar-refractivity contribution in [1.29, 1.82) is 0 Å². The monoisotopic (exact) mass is 304 g/mol. The van der Waals surface area contributed by atoms with Crippen molar-refractivity contribution in [2.24, 2.45) is 0 Å². The van der Waals surface area contributed by atoms with Gasteiger partial charge in [-0.2, -0.15) is 0 Å². The molecule has 0 aliphatic carbocycles. The van der Waals surface area contributed by atoms with Gasteiger partial charge in [0.1, 0.15) is 12.2 Å². The van der Waals surface area contributed by atoms with Gasteiger partial charge in [-0.25, -0.2) is 0 Å². The number of aldehydes is 1. The Balaban J connectivity index is 3.83. The molecule has 0 aliphatic rings. The summed E-state index contributed by atoms with van der Waals surface area (Å²) in [4.78, 5) is 22.3. The first-order valence-electron chi connectivity index (χ1n) is 7.68. The number of carbonyl (C=O) groups is 2. The zero-order valence-corrected chi connectivity index (χ0v) is 12.7. The molecule has 0 heterocycles. The molecule has 0 aromatic carbocycles. The van der Waals surface area contributed by atoms with Crippen molar-refractivity contribution in [1.82, 2.24) is 0 Å². The van der Waals surface area contributed by atoms with Gasteiger partial charge in [-0.1, -0.05) is 45.4 Å². The molecule has 0 fully saturated rings. The van der Waals surface area contributed by atoms with E-state index in [1.807, 2.05) is 0 Å². The van der Waals surface area contributed by atoms with Crippen LogP contribution in [0.15, 0.2) is 0 Å². The van der Waals surface area contributed by atoms with Crippen LogP contribution in [0.2, 0.25) is 0 Å². The maximum atomic E-state index is 11.5. The van der Waals surface area contributed by atoms with E-state index in [1.165, 1.54) is 19.3 Å². The van der Waals surface area contributed by atoms with Crippen molar-refractivity contribution in [3.8, 4) is 0 Å². The van der Waals surface area contributed by atoms with E-state index in [0.717, 1.165) is 19.3 Å². The molecular weight excluding hydrogens is 276 g/mol. The third kappa shape index (κ3) is 9.55. The lowest BCUT2D eigenvalue weighted by Gasteiger charge is -2.21. The van der Waals surface area contributed by atoms with Crippen LogP contribution in [-0.4, -0.2) is 52.5 Å². The third-order valence-electron chi connectivity index (χ3n) is 3.30. The van der Waals surface area contributed by atoms with Gasteiger partial charge in [-0.15, -0.1) is 0 Å². The molecule has 0 saturated heterocycles. The summed E-state index contributed by atoms with van der Waals surface area (Å²) in [7, 11) is 0. The van der Waals surface area contributed by atoms with Crippen LogP contribution in [0.4, 0.5) is 0 Å². The van der Waals surface area contributed by atoms with E-state index in [0.29, 0.717) is 6.42 Å². The van der Waals surface area contributed by atoms with Crippen molar-refractivity contribution in [2.75, 3.05) is 6.61 Å². The quantitative estimate of drug-likeness (QED) is 0.266. The van der Waals surface area contributed by atoms with Crippen LogP contribution in [0, 0.1) is 0 Å². The van der Waals surface area contributed by atoms with Gasteiger partial charge < -0.3 is 20.1 Å². The van der Waals surface area contributed by atoms with E-state index in [1.54, 1.807) is 0 Å². The average molecular weight is 304 g/mol. The Bertz CT molecular complexity index is 281. The lowest BCUT2D eigenvalue weighted by Crippen LogP contribution is -2.42. The van der Waals surface area contributed by atoms with E-state index < -0.39 is 30.9 Å². The normalized spacial score (nSPS) is 15.2. The molecule has 0 saturated carbocycles. The fourth-order valence-corrected chi connectivity index (χ4v) is 1.94. The van der Waals surface area contributed by atoms with Gasteiger partial charge in [0.2, 0.25) is 0 Å². The first-order valence-corrected chi connectivity index (χ1v) is 7.68. The summed E-state index contributed by atoms with van der Waals surface area (Å²) < 4.78 is 4.80. The first kappa shape index (κ1) is 20.0. The number of ether oxygens (including phenoxy) is 1. The standard InChI is InChI=1S/C15H28O6/c1-2-3-4-5-6-7-8-9-14(19)21-13(11-17)15(20)12(18)10-16/h11-13,15-16,18,20H,2-10H2,1H3/t12-,13+,15+/m1/s1. The number of hydrogen-bond acceptors (Lipinski definition) is 6. The topological polar surface area (TPSA) is 104 Å². The van der Waals surface area contributed by atoms with Crippen molar-refractivity contribution < 1.29 is 29.6 Å². The second-order valence-electron chi connectivity index (χ2n) is 5.20. The molecule has 21 heavy (non-hydrogen) atoms. The molecule has 0 bridgehead atoms. The lowest BCUT2D eigenvalue weighted by molar-refractivity contribution is -0.163. The molecule has 0 rings (SSSR count). The van der Waals surface area contributed by atoms with Gasteiger partial charge in [0.15, 0.2) is 12.4 Å². The minimum absolute atomic E-state index is 0.181. The maximum Gasteiger partial charge on any atom is 0.306 e. The highest BCUT2D eigenvalue weighted by molar-refractivity contribution is 5.72. The number of carbonyl (C=O) groups excluding carboxylic acids is 2. The molecule has 6 nitrogen and oxygen atoms in total. The van der Waals surface area contributed by atoms with Gasteiger partial charge in [-0.3, -0.25) is 9.59 Å². The summed E-state index contributed by atoms with van der Waals surface area (Å²) in [6.07, 6.45) is 3.33. The molecule has 0 aliphatic heterocycles. The first-order chi connectivity index (χ1) is 10.1. The molecule has 3 atom stereocenters. The second-order valence-corrected chi connectivity index (χ2v) is 5.20. The van der Waals surface area contributed by atoms with Crippen LogP contribution >= 0.6 is 0 Å². The second kappa shape index (κ2) is 12.7. The van der Waals surface area contributed by atoms with E-state index in [9.17, 15) is 19.8 Å². The van der Waals surface area contributed by atoms with E-state index in [2.05, 4.69) is 6.92 Å². The summed E-state index contributed by atoms with van der Waals surface area (Å²) >= 11 is 0. The molecule has 0 amide bonds. The number of aliphatic hydroxyl groups excluding tert-OH is 3. The SMILES string of the molecule is CCCCCCCCCC(=O)O[C@@H](C=O)[C@@H](O)[C@H](O)CO. The summed E-state index contributed by atoms with van der Waals surface area (Å²) in [5, 5.41) is 27.4. The maximum absolute atomic E-state index is 11.5. The number of esters is 1. The molecule has 0 spiro atoms. The van der Waals surface area contributed by atoms with Gasteiger partial charge in [0.05, 0.1) is 6.61 Å². The third-order valence-corrected chi connectivity index (χ3v) is 3.30. The van der Waals surface area contributed by atoms with Crippen LogP contribution in [0.3, 0.4) is 0 Å². The summed E-state index contributed by atoms with van der Waals surface area (Å²) in [6, 6.07) is 0. The highest BCUT2D eigenvalue weighted by atomic mass is 16.6. The molecule has 6 heteroatoms. The number of aliphatic hydroxyl groups is 3. The molecular formula is C15H28O6. The fraction of sp³-hybridized carbons (Fsp3) is 0.867. The molecule has 0 radical (unpaired) electrons. The Hall–Kier alpha value is -0.980. The van der Waals surface area contributed by atoms with E-state index in [4.69, 9.17) is 9.84 Å². The van der Waals surface area contributed by atoms with Crippen LogP contribution in [0.5, 0.6) is 0 Å². The predicted molar refractivity (Wildman–Crippen MR) is 77.7 cm³/mol. The summed E-state index contributed by atoms with van der Waals surface area (Å²) in [6.45, 7) is 1.45. The number of unbranched alkanes of at least 4 members (excludes halogenated alkanes) is 6. The highest BCUT2D eigenvalue weighted by Gasteiger charge is 2.28. The van der Waals surface area contributed by atoms with Crippen LogP contribution in [-0.2, 0) is 14.3 Å². The minimum Gasteiger partial charge on any atom is -0.452 e. The van der Waals surface area contributed by atoms with Crippen molar-refractivity contribution in [2.45, 2.75) is 76.6 Å². The van der Waals surface area contributed by atoms with Crippen molar-refractivity contribution in [3.63, 3.8) is 0 Å². The summed E-state index contributed by atoms with van der Waals surface area (Å²) in [5.74, 6) is -0.579.